The molecule has 22 heavy (non-hydrogen) atoms. The third-order valence-corrected chi connectivity index (χ3v) is 5.31. The van der Waals surface area contributed by atoms with Gasteiger partial charge in [0, 0.05) is 43.8 Å². The quantitative estimate of drug-likeness (QED) is 0.831. The van der Waals surface area contributed by atoms with Crippen LogP contribution in [-0.4, -0.2) is 56.6 Å². The van der Waals surface area contributed by atoms with Crippen LogP contribution in [-0.2, 0) is 20.8 Å². The van der Waals surface area contributed by atoms with Crippen molar-refractivity contribution in [3.63, 3.8) is 0 Å². The van der Waals surface area contributed by atoms with E-state index in [4.69, 9.17) is 18.6 Å². The second-order valence-corrected chi connectivity index (χ2v) is 6.76. The molecule has 1 aromatic rings. The summed E-state index contributed by atoms with van der Waals surface area (Å²) in [7, 11) is 0. The zero-order valence-corrected chi connectivity index (χ0v) is 13.0. The third-order valence-electron chi connectivity index (χ3n) is 5.31. The first-order valence-electron chi connectivity index (χ1n) is 8.42. The van der Waals surface area contributed by atoms with Crippen LogP contribution in [0.4, 0.5) is 0 Å². The predicted octanol–water partition coefficient (Wildman–Crippen LogP) is 1.92. The Morgan fingerprint density at radius 3 is 2.91 bits per heavy atom. The second kappa shape index (κ2) is 6.71. The smallest absolute Gasteiger partial charge is 0.0947 e. The molecule has 5 heteroatoms. The van der Waals surface area contributed by atoms with Crippen molar-refractivity contribution in [3.05, 3.63) is 24.2 Å². The van der Waals surface area contributed by atoms with Gasteiger partial charge in [0.15, 0.2) is 0 Å². The van der Waals surface area contributed by atoms with Crippen molar-refractivity contribution in [1.29, 1.82) is 0 Å². The molecule has 0 radical (unpaired) electrons. The number of hydrogen-bond donors (Lipinski definition) is 0. The van der Waals surface area contributed by atoms with Crippen LogP contribution in [0.15, 0.2) is 23.0 Å². The minimum absolute atomic E-state index is 0.308. The van der Waals surface area contributed by atoms with E-state index in [0.717, 1.165) is 59.0 Å². The van der Waals surface area contributed by atoms with Crippen molar-refractivity contribution in [2.75, 3.05) is 39.6 Å². The fourth-order valence-electron chi connectivity index (χ4n) is 3.94. The highest BCUT2D eigenvalue weighted by molar-refractivity contribution is 5.08. The highest BCUT2D eigenvalue weighted by Crippen LogP contribution is 2.33. The minimum Gasteiger partial charge on any atom is -0.472 e. The maximum atomic E-state index is 6.31. The van der Waals surface area contributed by atoms with Gasteiger partial charge in [-0.1, -0.05) is 0 Å². The molecule has 0 bridgehead atoms. The minimum atomic E-state index is 0.308. The maximum Gasteiger partial charge on any atom is 0.0947 e. The number of nitrogens with zero attached hydrogens (tertiary/aromatic N) is 1. The van der Waals surface area contributed by atoms with Gasteiger partial charge in [0.1, 0.15) is 0 Å². The van der Waals surface area contributed by atoms with Gasteiger partial charge in [-0.15, -0.1) is 0 Å². The summed E-state index contributed by atoms with van der Waals surface area (Å²) in [5, 5.41) is 0. The van der Waals surface area contributed by atoms with Crippen LogP contribution < -0.4 is 0 Å². The molecular formula is C17H25NO4. The van der Waals surface area contributed by atoms with Crippen LogP contribution >= 0.6 is 0 Å². The molecule has 3 atom stereocenters. The molecule has 0 amide bonds. The van der Waals surface area contributed by atoms with Gasteiger partial charge in [0.2, 0.25) is 0 Å². The van der Waals surface area contributed by atoms with E-state index in [2.05, 4.69) is 4.90 Å². The van der Waals surface area contributed by atoms with Gasteiger partial charge in [-0.3, -0.25) is 4.90 Å². The summed E-state index contributed by atoms with van der Waals surface area (Å²) in [5.74, 6) is 1.18. The van der Waals surface area contributed by atoms with Crippen LogP contribution in [0.1, 0.15) is 18.4 Å². The Bertz CT molecular complexity index is 457. The first kappa shape index (κ1) is 14.7. The maximum absolute atomic E-state index is 6.31. The first-order chi connectivity index (χ1) is 10.9. The summed E-state index contributed by atoms with van der Waals surface area (Å²) in [5.41, 5.74) is 1.23. The average Bonchev–Trinajstić information content (AvgIpc) is 3.26. The molecule has 5 nitrogen and oxygen atoms in total. The summed E-state index contributed by atoms with van der Waals surface area (Å²) in [6.07, 6.45) is 6.16. The van der Waals surface area contributed by atoms with E-state index in [0.29, 0.717) is 24.0 Å². The van der Waals surface area contributed by atoms with Crippen molar-refractivity contribution in [2.24, 2.45) is 11.8 Å². The summed E-state index contributed by atoms with van der Waals surface area (Å²) in [6.45, 7) is 6.26. The van der Waals surface area contributed by atoms with Gasteiger partial charge in [-0.2, -0.15) is 0 Å². The molecule has 0 saturated carbocycles. The molecule has 3 aliphatic heterocycles. The third kappa shape index (κ3) is 3.08. The number of ether oxygens (including phenoxy) is 3. The SMILES string of the molecule is c1cc(CN2C[C@H](OCC3CCOCC3)[C@H]3COC[C@H]32)co1. The number of rotatable bonds is 5. The monoisotopic (exact) mass is 307 g/mol. The normalized spacial score (nSPS) is 33.4. The van der Waals surface area contributed by atoms with Crippen molar-refractivity contribution in [2.45, 2.75) is 31.5 Å². The summed E-state index contributed by atoms with van der Waals surface area (Å²) < 4.78 is 22.6. The predicted molar refractivity (Wildman–Crippen MR) is 80.5 cm³/mol. The molecule has 4 rings (SSSR count). The van der Waals surface area contributed by atoms with Crippen molar-refractivity contribution in [1.82, 2.24) is 4.90 Å². The molecule has 0 unspecified atom stereocenters. The lowest BCUT2D eigenvalue weighted by molar-refractivity contribution is -0.0259. The van der Waals surface area contributed by atoms with E-state index in [9.17, 15) is 0 Å². The Balaban J connectivity index is 1.34. The lowest BCUT2D eigenvalue weighted by atomic mass is 10.00. The zero-order valence-electron chi connectivity index (χ0n) is 13.0. The Kier molecular flexibility index (Phi) is 4.48. The molecule has 122 valence electrons. The standard InChI is InChI=1S/C17H25NO4/c1-4-19-5-2-13(1)10-22-17-8-18(7-14-3-6-20-9-14)16-12-21-11-15(16)17/h3,6,9,13,15-17H,1-2,4-5,7-8,10-12H2/t15-,16+,17-/m0/s1. The molecule has 1 aromatic heterocycles. The van der Waals surface area contributed by atoms with Crippen LogP contribution in [0.25, 0.3) is 0 Å². The number of furan rings is 1. The lowest BCUT2D eigenvalue weighted by Crippen LogP contribution is -2.32. The largest absolute Gasteiger partial charge is 0.472 e. The summed E-state index contributed by atoms with van der Waals surface area (Å²) >= 11 is 0. The zero-order chi connectivity index (χ0) is 14.8. The van der Waals surface area contributed by atoms with E-state index >= 15 is 0 Å². The summed E-state index contributed by atoms with van der Waals surface area (Å²) in [4.78, 5) is 2.50. The van der Waals surface area contributed by atoms with Gasteiger partial charge >= 0.3 is 0 Å². The molecule has 4 heterocycles. The van der Waals surface area contributed by atoms with Crippen molar-refractivity contribution >= 4 is 0 Å². The van der Waals surface area contributed by atoms with Gasteiger partial charge in [0.25, 0.3) is 0 Å². The van der Waals surface area contributed by atoms with Gasteiger partial charge < -0.3 is 18.6 Å². The topological polar surface area (TPSA) is 44.1 Å². The first-order valence-corrected chi connectivity index (χ1v) is 8.42. The highest BCUT2D eigenvalue weighted by Gasteiger charge is 2.46. The number of fused-ring (bicyclic) bond motifs is 1. The molecular weight excluding hydrogens is 282 g/mol. The van der Waals surface area contributed by atoms with E-state index in [1.807, 2.05) is 12.3 Å². The average molecular weight is 307 g/mol. The fourth-order valence-corrected chi connectivity index (χ4v) is 3.94. The number of hydrogen-bond acceptors (Lipinski definition) is 5. The summed E-state index contributed by atoms with van der Waals surface area (Å²) in [6, 6.07) is 2.54. The Morgan fingerprint density at radius 2 is 2.09 bits per heavy atom. The van der Waals surface area contributed by atoms with Crippen LogP contribution in [0.5, 0.6) is 0 Å². The van der Waals surface area contributed by atoms with Gasteiger partial charge in [-0.05, 0) is 24.8 Å². The van der Waals surface area contributed by atoms with E-state index in [1.54, 1.807) is 6.26 Å². The van der Waals surface area contributed by atoms with Crippen LogP contribution in [0, 0.1) is 11.8 Å². The fraction of sp³-hybridized carbons (Fsp3) is 0.765. The van der Waals surface area contributed by atoms with Gasteiger partial charge in [0.05, 0.1) is 38.5 Å². The Morgan fingerprint density at radius 1 is 1.18 bits per heavy atom. The Labute approximate surface area is 131 Å². The molecule has 0 aliphatic carbocycles. The molecule has 3 aliphatic rings. The van der Waals surface area contributed by atoms with Crippen LogP contribution in [0.3, 0.4) is 0 Å². The highest BCUT2D eigenvalue weighted by atomic mass is 16.5. The lowest BCUT2D eigenvalue weighted by Gasteiger charge is -2.25. The van der Waals surface area contributed by atoms with E-state index < -0.39 is 0 Å². The van der Waals surface area contributed by atoms with E-state index in [1.165, 1.54) is 5.56 Å². The van der Waals surface area contributed by atoms with Crippen molar-refractivity contribution in [3.8, 4) is 0 Å². The van der Waals surface area contributed by atoms with E-state index in [-0.39, 0.29) is 0 Å². The van der Waals surface area contributed by atoms with Crippen molar-refractivity contribution < 1.29 is 18.6 Å². The molecule has 3 saturated heterocycles. The molecule has 0 N–H and O–H groups in total. The van der Waals surface area contributed by atoms with Gasteiger partial charge in [-0.25, -0.2) is 0 Å². The molecule has 0 spiro atoms. The number of likely N-dealkylation sites (tertiary alicyclic amines) is 1. The molecule has 3 fully saturated rings. The second-order valence-electron chi connectivity index (χ2n) is 6.76. The molecule has 0 aromatic carbocycles. The Hall–Kier alpha value is -0.880. The van der Waals surface area contributed by atoms with Crippen LogP contribution in [0.2, 0.25) is 0 Å².